The van der Waals surface area contributed by atoms with E-state index in [0.29, 0.717) is 5.56 Å². The third-order valence-electron chi connectivity index (χ3n) is 3.66. The summed E-state index contributed by atoms with van der Waals surface area (Å²) in [6.07, 6.45) is 0. The molecule has 0 aliphatic rings. The minimum absolute atomic E-state index is 0.0661. The number of rotatable bonds is 1. The number of nitrogens with one attached hydrogen (secondary N) is 1. The largest absolute Gasteiger partial charge is 0.355 e. The first-order valence-corrected chi connectivity index (χ1v) is 6.93. The second-order valence-corrected chi connectivity index (χ2v) is 6.39. The van der Waals surface area contributed by atoms with Crippen molar-refractivity contribution in [3.63, 3.8) is 0 Å². The molecule has 0 amide bonds. The SMILES string of the molecule is CC(C)(C)c1ccc2[nH]c(-c3cc(F)cc(F)c3)cc2c1. The van der Waals surface area contributed by atoms with E-state index in [-0.39, 0.29) is 5.41 Å². The van der Waals surface area contributed by atoms with E-state index in [1.807, 2.05) is 12.1 Å². The van der Waals surface area contributed by atoms with Crippen LogP contribution in [0.1, 0.15) is 26.3 Å². The molecule has 1 aromatic heterocycles. The molecule has 0 bridgehead atoms. The number of aromatic amines is 1. The van der Waals surface area contributed by atoms with Crippen molar-refractivity contribution in [2.75, 3.05) is 0 Å². The fourth-order valence-electron chi connectivity index (χ4n) is 2.46. The predicted octanol–water partition coefficient (Wildman–Crippen LogP) is 5.41. The monoisotopic (exact) mass is 285 g/mol. The zero-order valence-electron chi connectivity index (χ0n) is 12.3. The molecule has 3 aromatic rings. The zero-order chi connectivity index (χ0) is 15.2. The van der Waals surface area contributed by atoms with Gasteiger partial charge in [-0.3, -0.25) is 0 Å². The molecule has 1 heterocycles. The molecule has 0 aliphatic heterocycles. The Hall–Kier alpha value is -2.16. The molecule has 0 atom stereocenters. The van der Waals surface area contributed by atoms with Crippen molar-refractivity contribution in [2.24, 2.45) is 0 Å². The number of halogens is 2. The van der Waals surface area contributed by atoms with E-state index in [9.17, 15) is 8.78 Å². The molecule has 0 spiro atoms. The van der Waals surface area contributed by atoms with Crippen LogP contribution in [0.25, 0.3) is 22.2 Å². The fourth-order valence-corrected chi connectivity index (χ4v) is 2.46. The highest BCUT2D eigenvalue weighted by Gasteiger charge is 2.15. The number of benzene rings is 2. The summed E-state index contributed by atoms with van der Waals surface area (Å²) in [5.74, 6) is -1.14. The Bertz CT molecular complexity index is 789. The predicted molar refractivity (Wildman–Crippen MR) is 82.4 cm³/mol. The van der Waals surface area contributed by atoms with Crippen LogP contribution >= 0.6 is 0 Å². The summed E-state index contributed by atoms with van der Waals surface area (Å²) in [4.78, 5) is 3.21. The average Bonchev–Trinajstić information content (AvgIpc) is 2.79. The molecule has 3 heteroatoms. The Morgan fingerprint density at radius 1 is 0.857 bits per heavy atom. The molecule has 0 radical (unpaired) electrons. The van der Waals surface area contributed by atoms with Gasteiger partial charge in [0.25, 0.3) is 0 Å². The van der Waals surface area contributed by atoms with Crippen LogP contribution in [0.4, 0.5) is 8.78 Å². The molecule has 0 aliphatic carbocycles. The maximum absolute atomic E-state index is 13.3. The van der Waals surface area contributed by atoms with E-state index in [0.717, 1.165) is 22.7 Å². The summed E-state index contributed by atoms with van der Waals surface area (Å²) in [6.45, 7) is 6.47. The van der Waals surface area contributed by atoms with Crippen molar-refractivity contribution in [1.82, 2.24) is 4.98 Å². The normalized spacial score (nSPS) is 12.0. The standard InChI is InChI=1S/C18H17F2N/c1-18(2,3)13-4-5-16-11(6-13)9-17(21-16)12-7-14(19)10-15(20)8-12/h4-10,21H,1-3H3. The third-order valence-corrected chi connectivity index (χ3v) is 3.66. The van der Waals surface area contributed by atoms with Gasteiger partial charge in [0.2, 0.25) is 0 Å². The van der Waals surface area contributed by atoms with E-state index in [1.165, 1.54) is 17.7 Å². The van der Waals surface area contributed by atoms with Gasteiger partial charge in [0.05, 0.1) is 0 Å². The molecule has 0 unspecified atom stereocenters. The lowest BCUT2D eigenvalue weighted by Gasteiger charge is -2.18. The lowest BCUT2D eigenvalue weighted by atomic mass is 9.86. The van der Waals surface area contributed by atoms with E-state index in [4.69, 9.17) is 0 Å². The highest BCUT2D eigenvalue weighted by molar-refractivity contribution is 5.86. The maximum atomic E-state index is 13.3. The Morgan fingerprint density at radius 3 is 2.14 bits per heavy atom. The third kappa shape index (κ3) is 2.68. The molecular formula is C18H17F2N. The first-order valence-electron chi connectivity index (χ1n) is 6.93. The smallest absolute Gasteiger partial charge is 0.126 e. The first-order chi connectivity index (χ1) is 9.83. The number of aromatic nitrogens is 1. The number of H-pyrrole nitrogens is 1. The van der Waals surface area contributed by atoms with Crippen LogP contribution in [0.5, 0.6) is 0 Å². The Labute approximate surface area is 122 Å². The van der Waals surface area contributed by atoms with Crippen LogP contribution in [-0.2, 0) is 5.41 Å². The van der Waals surface area contributed by atoms with E-state index in [1.54, 1.807) is 0 Å². The van der Waals surface area contributed by atoms with Crippen molar-refractivity contribution in [3.8, 4) is 11.3 Å². The zero-order valence-corrected chi connectivity index (χ0v) is 12.3. The van der Waals surface area contributed by atoms with Crippen molar-refractivity contribution in [3.05, 3.63) is 59.7 Å². The molecule has 2 aromatic carbocycles. The van der Waals surface area contributed by atoms with Gasteiger partial charge in [0.1, 0.15) is 11.6 Å². The van der Waals surface area contributed by atoms with Crippen LogP contribution in [0, 0.1) is 11.6 Å². The Kier molecular flexibility index (Phi) is 3.08. The quantitative estimate of drug-likeness (QED) is 0.615. The van der Waals surface area contributed by atoms with Gasteiger partial charge in [-0.2, -0.15) is 0 Å². The minimum Gasteiger partial charge on any atom is -0.355 e. The molecule has 0 saturated carbocycles. The molecular weight excluding hydrogens is 268 g/mol. The van der Waals surface area contributed by atoms with Crippen molar-refractivity contribution >= 4 is 10.9 Å². The number of hydrogen-bond donors (Lipinski definition) is 1. The Balaban J connectivity index is 2.13. The van der Waals surface area contributed by atoms with Crippen LogP contribution in [0.3, 0.4) is 0 Å². The van der Waals surface area contributed by atoms with E-state index >= 15 is 0 Å². The van der Waals surface area contributed by atoms with Crippen molar-refractivity contribution < 1.29 is 8.78 Å². The van der Waals surface area contributed by atoms with Gasteiger partial charge in [0, 0.05) is 28.2 Å². The Morgan fingerprint density at radius 2 is 1.52 bits per heavy atom. The molecule has 21 heavy (non-hydrogen) atoms. The highest BCUT2D eigenvalue weighted by atomic mass is 19.1. The van der Waals surface area contributed by atoms with Gasteiger partial charge in [0.15, 0.2) is 0 Å². The molecule has 1 nitrogen and oxygen atoms in total. The molecule has 1 N–H and O–H groups in total. The molecule has 3 rings (SSSR count). The second-order valence-electron chi connectivity index (χ2n) is 6.39. The van der Waals surface area contributed by atoms with Crippen LogP contribution in [0.15, 0.2) is 42.5 Å². The number of fused-ring (bicyclic) bond motifs is 1. The van der Waals surface area contributed by atoms with Crippen molar-refractivity contribution in [2.45, 2.75) is 26.2 Å². The molecule has 0 fully saturated rings. The molecule has 108 valence electrons. The molecule has 0 saturated heterocycles. The van der Waals surface area contributed by atoms with Gasteiger partial charge in [-0.05, 0) is 41.3 Å². The summed E-state index contributed by atoms with van der Waals surface area (Å²) in [5.41, 5.74) is 3.49. The van der Waals surface area contributed by atoms with Gasteiger partial charge >= 0.3 is 0 Å². The first kappa shape index (κ1) is 13.8. The fraction of sp³-hybridized carbons (Fsp3) is 0.222. The topological polar surface area (TPSA) is 15.8 Å². The summed E-state index contributed by atoms with van der Waals surface area (Å²) in [7, 11) is 0. The summed E-state index contributed by atoms with van der Waals surface area (Å²) < 4.78 is 26.7. The highest BCUT2D eigenvalue weighted by Crippen LogP contribution is 2.29. The second kappa shape index (κ2) is 4.69. The average molecular weight is 285 g/mol. The minimum atomic E-state index is -0.570. The van der Waals surface area contributed by atoms with Crippen LogP contribution in [-0.4, -0.2) is 4.98 Å². The lowest BCUT2D eigenvalue weighted by molar-refractivity contribution is 0.584. The van der Waals surface area contributed by atoms with Crippen LogP contribution in [0.2, 0.25) is 0 Å². The van der Waals surface area contributed by atoms with Crippen molar-refractivity contribution in [1.29, 1.82) is 0 Å². The van der Waals surface area contributed by atoms with Gasteiger partial charge in [-0.15, -0.1) is 0 Å². The van der Waals surface area contributed by atoms with Crippen LogP contribution < -0.4 is 0 Å². The number of hydrogen-bond acceptors (Lipinski definition) is 0. The van der Waals surface area contributed by atoms with Gasteiger partial charge in [-0.25, -0.2) is 8.78 Å². The maximum Gasteiger partial charge on any atom is 0.126 e. The summed E-state index contributed by atoms with van der Waals surface area (Å²) in [5, 5.41) is 1.04. The summed E-state index contributed by atoms with van der Waals surface area (Å²) >= 11 is 0. The summed E-state index contributed by atoms with van der Waals surface area (Å²) in [6, 6.07) is 11.7. The van der Waals surface area contributed by atoms with Gasteiger partial charge in [-0.1, -0.05) is 26.8 Å². The van der Waals surface area contributed by atoms with E-state index < -0.39 is 11.6 Å². The lowest BCUT2D eigenvalue weighted by Crippen LogP contribution is -2.10. The van der Waals surface area contributed by atoms with E-state index in [2.05, 4.69) is 37.9 Å². The van der Waals surface area contributed by atoms with Gasteiger partial charge < -0.3 is 4.98 Å².